The van der Waals surface area contributed by atoms with Gasteiger partial charge in [-0.05, 0) is 6.08 Å². The number of methoxy groups -OCH3 is 1. The van der Waals surface area contributed by atoms with Gasteiger partial charge < -0.3 is 4.74 Å². The lowest BCUT2D eigenvalue weighted by molar-refractivity contribution is -0.137. The quantitative estimate of drug-likeness (QED) is 0.452. The fourth-order valence-electron chi connectivity index (χ4n) is 1.14. The molecule has 6 heteroatoms. The molecule has 1 rings (SSSR count). The highest BCUT2D eigenvalue weighted by Crippen LogP contribution is 2.02. The molecule has 0 atom stereocenters. The van der Waals surface area contributed by atoms with Crippen LogP contribution in [-0.2, 0) is 19.4 Å². The lowest BCUT2D eigenvalue weighted by Gasteiger charge is -1.97. The largest absolute Gasteiger partial charge is 0.468 e. The number of hydrogen-bond acceptors (Lipinski definition) is 5. The maximum Gasteiger partial charge on any atom is 0.321 e. The molecule has 0 bridgehead atoms. The summed E-state index contributed by atoms with van der Waals surface area (Å²) in [5, 5.41) is 0.721. The molecule has 0 aliphatic rings. The summed E-state index contributed by atoms with van der Waals surface area (Å²) in [6.45, 7) is 0. The molecule has 0 aromatic heterocycles. The fraction of sp³-hybridized carbons (Fsp3) is 0.167. The van der Waals surface area contributed by atoms with Crippen LogP contribution in [-0.4, -0.2) is 33.0 Å². The van der Waals surface area contributed by atoms with Crippen molar-refractivity contribution in [1.29, 1.82) is 0 Å². The van der Waals surface area contributed by atoms with Crippen molar-refractivity contribution in [3.05, 3.63) is 47.4 Å². The summed E-state index contributed by atoms with van der Waals surface area (Å²) in [6.07, 6.45) is 0.924. The van der Waals surface area contributed by atoms with Crippen LogP contribution in [0.4, 0.5) is 0 Å². The molecular formula is C12H12O5S. The van der Waals surface area contributed by atoms with E-state index in [0.717, 1.165) is 18.6 Å². The number of sulfone groups is 1. The summed E-state index contributed by atoms with van der Waals surface area (Å²) in [6, 6.07) is 8.22. The summed E-state index contributed by atoms with van der Waals surface area (Å²) in [7, 11) is -2.68. The highest BCUT2D eigenvalue weighted by molar-refractivity contribution is 7.94. The highest BCUT2D eigenvalue weighted by atomic mass is 32.2. The highest BCUT2D eigenvalue weighted by Gasteiger charge is 2.14. The van der Waals surface area contributed by atoms with Gasteiger partial charge in [0.15, 0.2) is 21.4 Å². The molecule has 18 heavy (non-hydrogen) atoms. The average Bonchev–Trinajstić information content (AvgIpc) is 2.36. The van der Waals surface area contributed by atoms with Crippen LogP contribution < -0.4 is 0 Å². The molecule has 0 aliphatic carbocycles. The normalized spacial score (nSPS) is 11.4. The second kappa shape index (κ2) is 6.11. The van der Waals surface area contributed by atoms with Crippen LogP contribution in [0.2, 0.25) is 0 Å². The summed E-state index contributed by atoms with van der Waals surface area (Å²) in [4.78, 5) is 22.4. The monoisotopic (exact) mass is 268 g/mol. The minimum Gasteiger partial charge on any atom is -0.468 e. The SMILES string of the molecule is COC(=O)CS(=O)(=O)C=CC(=O)c1ccccc1. The third-order valence-electron chi connectivity index (χ3n) is 2.03. The van der Waals surface area contributed by atoms with Gasteiger partial charge in [-0.2, -0.15) is 0 Å². The smallest absolute Gasteiger partial charge is 0.321 e. The van der Waals surface area contributed by atoms with Crippen molar-refractivity contribution in [2.75, 3.05) is 12.9 Å². The third kappa shape index (κ3) is 4.50. The fourth-order valence-corrected chi connectivity index (χ4v) is 2.01. The molecular weight excluding hydrogens is 256 g/mol. The van der Waals surface area contributed by atoms with Crippen molar-refractivity contribution in [1.82, 2.24) is 0 Å². The van der Waals surface area contributed by atoms with Crippen LogP contribution in [0.15, 0.2) is 41.8 Å². The molecule has 0 amide bonds. The van der Waals surface area contributed by atoms with Gasteiger partial charge in [-0.25, -0.2) is 8.42 Å². The van der Waals surface area contributed by atoms with E-state index in [4.69, 9.17) is 0 Å². The number of carbonyl (C=O) groups excluding carboxylic acids is 2. The van der Waals surface area contributed by atoms with Gasteiger partial charge in [0.1, 0.15) is 0 Å². The predicted molar refractivity (Wildman–Crippen MR) is 65.7 cm³/mol. The van der Waals surface area contributed by atoms with Crippen molar-refractivity contribution in [2.24, 2.45) is 0 Å². The summed E-state index contributed by atoms with van der Waals surface area (Å²) in [5.74, 6) is -2.09. The van der Waals surface area contributed by atoms with E-state index in [2.05, 4.69) is 4.74 Å². The maximum atomic E-state index is 11.6. The Hall–Kier alpha value is -1.95. The number of hydrogen-bond donors (Lipinski definition) is 0. The van der Waals surface area contributed by atoms with Gasteiger partial charge in [0.05, 0.1) is 7.11 Å². The zero-order valence-electron chi connectivity index (χ0n) is 9.70. The number of carbonyl (C=O) groups is 2. The van der Waals surface area contributed by atoms with E-state index in [1.165, 1.54) is 0 Å². The predicted octanol–water partition coefficient (Wildman–Crippen LogP) is 0.971. The molecule has 0 saturated heterocycles. The van der Waals surface area contributed by atoms with Gasteiger partial charge in [-0.3, -0.25) is 9.59 Å². The van der Waals surface area contributed by atoms with E-state index in [0.29, 0.717) is 5.56 Å². The van der Waals surface area contributed by atoms with Crippen molar-refractivity contribution in [3.8, 4) is 0 Å². The first-order valence-corrected chi connectivity index (χ1v) is 6.73. The summed E-state index contributed by atoms with van der Waals surface area (Å²) < 4.78 is 27.0. The van der Waals surface area contributed by atoms with E-state index < -0.39 is 27.3 Å². The lowest BCUT2D eigenvalue weighted by atomic mass is 10.1. The molecule has 0 N–H and O–H groups in total. The average molecular weight is 268 g/mol. The second-order valence-electron chi connectivity index (χ2n) is 3.42. The molecule has 0 heterocycles. The van der Waals surface area contributed by atoms with E-state index in [1.807, 2.05) is 0 Å². The van der Waals surface area contributed by atoms with Gasteiger partial charge in [0, 0.05) is 11.0 Å². The van der Waals surface area contributed by atoms with Gasteiger partial charge >= 0.3 is 5.97 Å². The van der Waals surface area contributed by atoms with Crippen molar-refractivity contribution in [3.63, 3.8) is 0 Å². The first kappa shape index (κ1) is 14.1. The maximum absolute atomic E-state index is 11.6. The van der Waals surface area contributed by atoms with Crippen LogP contribution in [0, 0.1) is 0 Å². The van der Waals surface area contributed by atoms with Crippen LogP contribution in [0.1, 0.15) is 10.4 Å². The Labute approximate surface area is 105 Å². The van der Waals surface area contributed by atoms with Crippen molar-refractivity contribution < 1.29 is 22.7 Å². The summed E-state index contributed by atoms with van der Waals surface area (Å²) in [5.41, 5.74) is 0.377. The van der Waals surface area contributed by atoms with Crippen molar-refractivity contribution in [2.45, 2.75) is 0 Å². The van der Waals surface area contributed by atoms with Gasteiger partial charge in [0.2, 0.25) is 0 Å². The zero-order valence-corrected chi connectivity index (χ0v) is 10.5. The Morgan fingerprint density at radius 2 is 1.83 bits per heavy atom. The van der Waals surface area contributed by atoms with Crippen LogP contribution in [0.25, 0.3) is 0 Å². The number of ketones is 1. The Kier molecular flexibility index (Phi) is 4.79. The molecule has 0 unspecified atom stereocenters. The Balaban J connectivity index is 2.76. The molecule has 96 valence electrons. The van der Waals surface area contributed by atoms with Gasteiger partial charge in [0.25, 0.3) is 0 Å². The van der Waals surface area contributed by atoms with E-state index in [1.54, 1.807) is 30.3 Å². The Bertz CT molecular complexity index is 557. The van der Waals surface area contributed by atoms with E-state index in [-0.39, 0.29) is 0 Å². The minimum atomic E-state index is -3.77. The molecule has 5 nitrogen and oxygen atoms in total. The first-order valence-electron chi connectivity index (χ1n) is 5.01. The lowest BCUT2D eigenvalue weighted by Crippen LogP contribution is -2.15. The summed E-state index contributed by atoms with van der Waals surface area (Å²) >= 11 is 0. The van der Waals surface area contributed by atoms with Crippen LogP contribution in [0.3, 0.4) is 0 Å². The Morgan fingerprint density at radius 3 is 2.39 bits per heavy atom. The second-order valence-corrected chi connectivity index (χ2v) is 5.30. The third-order valence-corrected chi connectivity index (χ3v) is 3.22. The molecule has 0 saturated carbocycles. The number of esters is 1. The van der Waals surface area contributed by atoms with Gasteiger partial charge in [-0.1, -0.05) is 30.3 Å². The molecule has 0 radical (unpaired) electrons. The number of ether oxygens (including phenoxy) is 1. The number of benzene rings is 1. The Morgan fingerprint density at radius 1 is 1.22 bits per heavy atom. The van der Waals surface area contributed by atoms with E-state index >= 15 is 0 Å². The van der Waals surface area contributed by atoms with E-state index in [9.17, 15) is 18.0 Å². The molecule has 0 aliphatic heterocycles. The molecule has 0 fully saturated rings. The standard InChI is InChI=1S/C12H12O5S/c1-17-12(14)9-18(15,16)8-7-11(13)10-5-3-2-4-6-10/h2-8H,9H2,1H3. The van der Waals surface area contributed by atoms with Crippen LogP contribution in [0.5, 0.6) is 0 Å². The molecule has 0 spiro atoms. The van der Waals surface area contributed by atoms with Gasteiger partial charge in [-0.15, -0.1) is 0 Å². The van der Waals surface area contributed by atoms with Crippen molar-refractivity contribution >= 4 is 21.6 Å². The molecule has 1 aromatic carbocycles. The first-order chi connectivity index (χ1) is 8.44. The number of allylic oxidation sites excluding steroid dienone is 1. The van der Waals surface area contributed by atoms with Crippen LogP contribution >= 0.6 is 0 Å². The number of rotatable bonds is 5. The topological polar surface area (TPSA) is 77.5 Å². The molecule has 1 aromatic rings. The minimum absolute atomic E-state index is 0.377. The zero-order chi connectivity index (χ0) is 13.6.